The molecule has 4 aromatic rings. The molecule has 0 heteroatoms. The van der Waals surface area contributed by atoms with Gasteiger partial charge in [0.1, 0.15) is 0 Å². The molecule has 0 saturated heterocycles. The third-order valence-corrected chi connectivity index (χ3v) is 8.70. The summed E-state index contributed by atoms with van der Waals surface area (Å²) in [5, 5.41) is 0. The molecule has 0 unspecified atom stereocenters. The van der Waals surface area contributed by atoms with E-state index >= 15 is 0 Å². The van der Waals surface area contributed by atoms with Crippen LogP contribution in [0.3, 0.4) is 0 Å². The van der Waals surface area contributed by atoms with Crippen LogP contribution in [0.1, 0.15) is 62.8 Å². The Morgan fingerprint density at radius 3 is 1.31 bits per heavy atom. The van der Waals surface area contributed by atoms with Crippen LogP contribution >= 0.6 is 0 Å². The van der Waals surface area contributed by atoms with Crippen molar-refractivity contribution in [3.63, 3.8) is 0 Å². The fraction of sp³-hybridized carbons (Fsp3) is 0.282. The van der Waals surface area contributed by atoms with Gasteiger partial charge < -0.3 is 0 Å². The van der Waals surface area contributed by atoms with E-state index in [2.05, 4.69) is 137 Å². The smallest absolute Gasteiger partial charge is 0.0139 e. The van der Waals surface area contributed by atoms with Gasteiger partial charge in [-0.1, -0.05) is 148 Å². The van der Waals surface area contributed by atoms with E-state index in [1.165, 1.54) is 57.3 Å². The molecule has 0 fully saturated rings. The zero-order valence-electron chi connectivity index (χ0n) is 23.9. The van der Waals surface area contributed by atoms with E-state index in [4.69, 9.17) is 0 Å². The van der Waals surface area contributed by atoms with Crippen LogP contribution in [0, 0.1) is 17.3 Å². The molecule has 4 aromatic carbocycles. The quantitative estimate of drug-likeness (QED) is 0.222. The number of allylic oxidation sites excluding steroid dienone is 2. The second kappa shape index (κ2) is 10.5. The Morgan fingerprint density at radius 2 is 0.923 bits per heavy atom. The molecule has 0 spiro atoms. The predicted octanol–water partition coefficient (Wildman–Crippen LogP) is 10.7. The van der Waals surface area contributed by atoms with Gasteiger partial charge in [0.15, 0.2) is 0 Å². The average Bonchev–Trinajstić information content (AvgIpc) is 3.58. The van der Waals surface area contributed by atoms with Crippen LogP contribution in [0.15, 0.2) is 108 Å². The van der Waals surface area contributed by atoms with E-state index in [1.807, 2.05) is 0 Å². The Bertz CT molecular complexity index is 1410. The van der Waals surface area contributed by atoms with Crippen LogP contribution in [-0.2, 0) is 12.8 Å². The number of hydrogen-bond donors (Lipinski definition) is 0. The fourth-order valence-electron chi connectivity index (χ4n) is 7.30. The minimum Gasteiger partial charge on any atom is -0.0627 e. The molecule has 2 aliphatic carbocycles. The third kappa shape index (κ3) is 4.82. The van der Waals surface area contributed by atoms with Crippen LogP contribution in [-0.4, -0.2) is 0 Å². The lowest BCUT2D eigenvalue weighted by Gasteiger charge is -2.40. The van der Waals surface area contributed by atoms with Crippen molar-refractivity contribution in [2.75, 3.05) is 0 Å². The maximum Gasteiger partial charge on any atom is 0.0139 e. The lowest BCUT2D eigenvalue weighted by molar-refractivity contribution is 0.273. The highest BCUT2D eigenvalue weighted by Gasteiger charge is 2.42. The van der Waals surface area contributed by atoms with Gasteiger partial charge in [0.25, 0.3) is 0 Å². The Morgan fingerprint density at radius 1 is 0.513 bits per heavy atom. The summed E-state index contributed by atoms with van der Waals surface area (Å²) in [6.45, 7) is 9.63. The minimum atomic E-state index is 0.0578. The summed E-state index contributed by atoms with van der Waals surface area (Å²) in [7, 11) is 0. The van der Waals surface area contributed by atoms with Crippen molar-refractivity contribution in [3.05, 3.63) is 130 Å². The number of hydrogen-bond acceptors (Lipinski definition) is 0. The second-order valence-corrected chi connectivity index (χ2v) is 12.5. The molecule has 0 bridgehead atoms. The van der Waals surface area contributed by atoms with Crippen molar-refractivity contribution in [1.82, 2.24) is 0 Å². The number of rotatable bonds is 8. The first-order valence-electron chi connectivity index (χ1n) is 14.7. The van der Waals surface area contributed by atoms with Crippen LogP contribution in [0.4, 0.5) is 0 Å². The highest BCUT2D eigenvalue weighted by Crippen LogP contribution is 2.55. The van der Waals surface area contributed by atoms with Crippen molar-refractivity contribution in [2.24, 2.45) is 17.3 Å². The predicted molar refractivity (Wildman–Crippen MR) is 168 cm³/mol. The van der Waals surface area contributed by atoms with Crippen molar-refractivity contribution in [2.45, 2.75) is 53.4 Å². The van der Waals surface area contributed by atoms with Crippen LogP contribution in [0.5, 0.6) is 0 Å². The molecule has 0 N–H and O–H groups in total. The van der Waals surface area contributed by atoms with Gasteiger partial charge >= 0.3 is 0 Å². The monoisotopic (exact) mass is 508 g/mol. The highest BCUT2D eigenvalue weighted by atomic mass is 14.5. The summed E-state index contributed by atoms with van der Waals surface area (Å²) in [6, 6.07) is 35.6. The summed E-state index contributed by atoms with van der Waals surface area (Å²) in [6.07, 6.45) is 9.65. The molecule has 0 nitrogen and oxygen atoms in total. The maximum absolute atomic E-state index is 2.59. The lowest BCUT2D eigenvalue weighted by Crippen LogP contribution is -2.30. The van der Waals surface area contributed by atoms with Gasteiger partial charge in [0.2, 0.25) is 0 Å². The third-order valence-electron chi connectivity index (χ3n) is 8.70. The van der Waals surface area contributed by atoms with Gasteiger partial charge in [0.05, 0.1) is 0 Å². The molecular formula is C39H40. The van der Waals surface area contributed by atoms with E-state index in [9.17, 15) is 0 Å². The zero-order valence-corrected chi connectivity index (χ0v) is 23.9. The Kier molecular flexibility index (Phi) is 6.90. The first-order chi connectivity index (χ1) is 18.9. The SMILES string of the molecule is CC(C)CC(CC(C)C)(C1=Cc2c(cccc2-c2ccccc2)C1)C1=Cc2c(cccc2-c2ccccc2)C1. The Hall–Kier alpha value is -3.64. The van der Waals surface area contributed by atoms with Gasteiger partial charge in [-0.15, -0.1) is 0 Å². The molecule has 6 rings (SSSR count). The molecule has 39 heavy (non-hydrogen) atoms. The average molecular weight is 509 g/mol. The van der Waals surface area contributed by atoms with Gasteiger partial charge in [-0.3, -0.25) is 0 Å². The van der Waals surface area contributed by atoms with E-state index in [-0.39, 0.29) is 5.41 Å². The van der Waals surface area contributed by atoms with Gasteiger partial charge in [-0.05, 0) is 82.0 Å². The molecule has 0 aliphatic heterocycles. The first kappa shape index (κ1) is 25.6. The maximum atomic E-state index is 2.59. The summed E-state index contributed by atoms with van der Waals surface area (Å²) in [5.41, 5.74) is 14.4. The largest absolute Gasteiger partial charge is 0.0627 e. The normalized spacial score (nSPS) is 14.4. The highest BCUT2D eigenvalue weighted by molar-refractivity contribution is 5.84. The minimum absolute atomic E-state index is 0.0578. The van der Waals surface area contributed by atoms with Crippen molar-refractivity contribution < 1.29 is 0 Å². The summed E-state index contributed by atoms with van der Waals surface area (Å²) >= 11 is 0. The van der Waals surface area contributed by atoms with E-state index in [1.54, 1.807) is 11.1 Å². The second-order valence-electron chi connectivity index (χ2n) is 12.5. The van der Waals surface area contributed by atoms with Gasteiger partial charge in [0, 0.05) is 5.41 Å². The molecule has 2 aliphatic rings. The molecule has 196 valence electrons. The van der Waals surface area contributed by atoms with Crippen molar-refractivity contribution in [1.29, 1.82) is 0 Å². The van der Waals surface area contributed by atoms with Crippen molar-refractivity contribution >= 4 is 12.2 Å². The van der Waals surface area contributed by atoms with Gasteiger partial charge in [-0.25, -0.2) is 0 Å². The Balaban J connectivity index is 1.50. The topological polar surface area (TPSA) is 0 Å². The molecule has 0 amide bonds. The molecule has 0 atom stereocenters. The number of fused-ring (bicyclic) bond motifs is 2. The van der Waals surface area contributed by atoms with Gasteiger partial charge in [-0.2, -0.15) is 0 Å². The molecular weight excluding hydrogens is 468 g/mol. The standard InChI is InChI=1S/C39H40/c1-27(2)25-39(26-28(3)4,33-21-31-17-11-19-35(37(31)23-33)29-13-7-5-8-14-29)34-22-32-18-12-20-36(38(32)24-34)30-15-9-6-10-16-30/h5-20,23-24,27-28H,21-22,25-26H2,1-4H3. The summed E-state index contributed by atoms with van der Waals surface area (Å²) < 4.78 is 0. The molecule has 0 saturated carbocycles. The first-order valence-corrected chi connectivity index (χ1v) is 14.7. The summed E-state index contributed by atoms with van der Waals surface area (Å²) in [5.74, 6) is 1.22. The lowest BCUT2D eigenvalue weighted by atomic mass is 9.63. The van der Waals surface area contributed by atoms with Crippen LogP contribution in [0.2, 0.25) is 0 Å². The summed E-state index contributed by atoms with van der Waals surface area (Å²) in [4.78, 5) is 0. The molecule has 0 heterocycles. The van der Waals surface area contributed by atoms with E-state index in [0.717, 1.165) is 12.8 Å². The van der Waals surface area contributed by atoms with Crippen LogP contribution in [0.25, 0.3) is 34.4 Å². The number of benzene rings is 4. The van der Waals surface area contributed by atoms with E-state index in [0.29, 0.717) is 11.8 Å². The zero-order chi connectivity index (χ0) is 27.0. The van der Waals surface area contributed by atoms with E-state index < -0.39 is 0 Å². The molecule has 0 aromatic heterocycles. The molecule has 0 radical (unpaired) electrons. The van der Waals surface area contributed by atoms with Crippen LogP contribution < -0.4 is 0 Å². The fourth-order valence-corrected chi connectivity index (χ4v) is 7.30. The Labute approximate surface area is 235 Å². The van der Waals surface area contributed by atoms with Crippen molar-refractivity contribution in [3.8, 4) is 22.3 Å².